The van der Waals surface area contributed by atoms with Crippen molar-refractivity contribution in [1.82, 2.24) is 0 Å². The second kappa shape index (κ2) is 7.14. The van der Waals surface area contributed by atoms with Gasteiger partial charge < -0.3 is 9.47 Å². The summed E-state index contributed by atoms with van der Waals surface area (Å²) >= 11 is 0. The molecule has 4 fully saturated rings. The Morgan fingerprint density at radius 1 is 0.786 bits per heavy atom. The minimum absolute atomic E-state index is 0.0633. The molecule has 0 radical (unpaired) electrons. The third kappa shape index (κ3) is 4.77. The van der Waals surface area contributed by atoms with Crippen LogP contribution in [0.1, 0.15) is 86.5 Å². The summed E-state index contributed by atoms with van der Waals surface area (Å²) in [6, 6.07) is 0. The second-order valence-corrected chi connectivity index (χ2v) is 11.4. The predicted octanol–water partition coefficient (Wildman–Crippen LogP) is 4.46. The van der Waals surface area contributed by atoms with Gasteiger partial charge in [-0.1, -0.05) is 0 Å². The maximum absolute atomic E-state index is 13.4. The van der Waals surface area contributed by atoms with Gasteiger partial charge in [0.15, 0.2) is 5.92 Å². The van der Waals surface area contributed by atoms with Crippen molar-refractivity contribution in [3.63, 3.8) is 0 Å². The van der Waals surface area contributed by atoms with Crippen LogP contribution in [0.5, 0.6) is 0 Å². The van der Waals surface area contributed by atoms with Crippen LogP contribution in [-0.2, 0) is 23.9 Å². The molecule has 0 saturated heterocycles. The van der Waals surface area contributed by atoms with E-state index in [4.69, 9.17) is 9.47 Å². The molecule has 0 aromatic heterocycles. The molecule has 4 aliphatic rings. The first kappa shape index (κ1) is 21.3. The van der Waals surface area contributed by atoms with Gasteiger partial charge >= 0.3 is 11.9 Å². The van der Waals surface area contributed by atoms with Crippen LogP contribution in [0, 0.1) is 29.1 Å². The highest BCUT2D eigenvalue weighted by molar-refractivity contribution is 6.00. The predicted molar refractivity (Wildman–Crippen MR) is 105 cm³/mol. The Kier molecular flexibility index (Phi) is 5.44. The number of carbonyl (C=O) groups is 3. The molecule has 0 aromatic rings. The van der Waals surface area contributed by atoms with Crippen molar-refractivity contribution in [2.24, 2.45) is 29.1 Å². The van der Waals surface area contributed by atoms with Crippen LogP contribution in [-0.4, -0.2) is 28.9 Å². The highest BCUT2D eigenvalue weighted by atomic mass is 16.6. The van der Waals surface area contributed by atoms with Crippen molar-refractivity contribution in [2.75, 3.05) is 0 Å². The van der Waals surface area contributed by atoms with E-state index in [1.807, 2.05) is 0 Å². The number of hydrogen-bond acceptors (Lipinski definition) is 5. The summed E-state index contributed by atoms with van der Waals surface area (Å²) in [6.45, 7) is 10.6. The van der Waals surface area contributed by atoms with E-state index in [1.54, 1.807) is 41.5 Å². The van der Waals surface area contributed by atoms with E-state index in [1.165, 1.54) is 19.3 Å². The molecule has 0 aromatic carbocycles. The SMILES string of the molecule is CC(C)(C)OC(=O)C(CC(=O)C12CC3CC(CC(C3)C1)C2)C(=O)OC(C)(C)C. The summed E-state index contributed by atoms with van der Waals surface area (Å²) in [5.41, 5.74) is -1.78. The summed E-state index contributed by atoms with van der Waals surface area (Å²) in [4.78, 5) is 39.0. The summed E-state index contributed by atoms with van der Waals surface area (Å²) in [5, 5.41) is 0. The number of esters is 2. The van der Waals surface area contributed by atoms with Crippen molar-refractivity contribution in [1.29, 1.82) is 0 Å². The summed E-state index contributed by atoms with van der Waals surface area (Å²) in [7, 11) is 0. The van der Waals surface area contributed by atoms with Gasteiger partial charge in [-0.3, -0.25) is 14.4 Å². The maximum atomic E-state index is 13.4. The Bertz CT molecular complexity index is 586. The molecule has 0 N–H and O–H groups in total. The largest absolute Gasteiger partial charge is 0.459 e. The monoisotopic (exact) mass is 392 g/mol. The Morgan fingerprint density at radius 3 is 1.46 bits per heavy atom. The summed E-state index contributed by atoms with van der Waals surface area (Å²) in [6.07, 6.45) is 6.40. The number of ketones is 1. The van der Waals surface area contributed by atoms with E-state index in [0.29, 0.717) is 17.8 Å². The average molecular weight is 393 g/mol. The van der Waals surface area contributed by atoms with E-state index >= 15 is 0 Å². The molecule has 4 aliphatic carbocycles. The van der Waals surface area contributed by atoms with Crippen LogP contribution in [0.25, 0.3) is 0 Å². The standard InChI is InChI=1S/C23H36O5/c1-21(2,3)27-19(25)17(20(26)28-22(4,5)6)10-18(24)23-11-14-7-15(12-23)9-16(8-14)13-23/h14-17H,7-13H2,1-6H3. The quantitative estimate of drug-likeness (QED) is 0.510. The number of rotatable bonds is 5. The first-order valence-electron chi connectivity index (χ1n) is 10.8. The van der Waals surface area contributed by atoms with Gasteiger partial charge in [0.1, 0.15) is 17.0 Å². The lowest BCUT2D eigenvalue weighted by Crippen LogP contribution is -2.51. The molecule has 0 spiro atoms. The molecule has 0 heterocycles. The molecule has 0 amide bonds. The minimum atomic E-state index is -1.18. The molecule has 4 rings (SSSR count). The zero-order valence-electron chi connectivity index (χ0n) is 18.3. The third-order valence-electron chi connectivity index (χ3n) is 6.40. The number of ether oxygens (including phenoxy) is 2. The van der Waals surface area contributed by atoms with E-state index in [0.717, 1.165) is 19.3 Å². The van der Waals surface area contributed by atoms with E-state index in [9.17, 15) is 14.4 Å². The fourth-order valence-corrected chi connectivity index (χ4v) is 5.86. The Hall–Kier alpha value is -1.39. The van der Waals surface area contributed by atoms with E-state index < -0.39 is 29.1 Å². The van der Waals surface area contributed by atoms with Crippen LogP contribution < -0.4 is 0 Å². The van der Waals surface area contributed by atoms with Crippen molar-refractivity contribution < 1.29 is 23.9 Å². The molecule has 4 bridgehead atoms. The topological polar surface area (TPSA) is 69.7 Å². The summed E-state index contributed by atoms with van der Waals surface area (Å²) in [5.74, 6) is -0.517. The van der Waals surface area contributed by atoms with Gasteiger partial charge in [0, 0.05) is 11.8 Å². The van der Waals surface area contributed by atoms with Crippen LogP contribution in [0.4, 0.5) is 0 Å². The lowest BCUT2D eigenvalue weighted by molar-refractivity contribution is -0.177. The van der Waals surface area contributed by atoms with Gasteiger partial charge in [0.25, 0.3) is 0 Å². The molecular formula is C23H36O5. The normalized spacial score (nSPS) is 31.8. The molecular weight excluding hydrogens is 356 g/mol. The van der Waals surface area contributed by atoms with Gasteiger partial charge in [0.2, 0.25) is 0 Å². The molecule has 28 heavy (non-hydrogen) atoms. The first-order valence-corrected chi connectivity index (χ1v) is 10.8. The van der Waals surface area contributed by atoms with Gasteiger partial charge in [-0.15, -0.1) is 0 Å². The average Bonchev–Trinajstić information content (AvgIpc) is 2.47. The number of Topliss-reactive ketones (excluding diaryl/α,β-unsaturated/α-hetero) is 1. The Balaban J connectivity index is 1.77. The zero-order valence-corrected chi connectivity index (χ0v) is 18.3. The van der Waals surface area contributed by atoms with Crippen LogP contribution in [0.15, 0.2) is 0 Å². The molecule has 0 aliphatic heterocycles. The Morgan fingerprint density at radius 2 is 1.14 bits per heavy atom. The van der Waals surface area contributed by atoms with Crippen molar-refractivity contribution >= 4 is 17.7 Å². The van der Waals surface area contributed by atoms with Gasteiger partial charge in [0.05, 0.1) is 0 Å². The van der Waals surface area contributed by atoms with Gasteiger partial charge in [-0.25, -0.2) is 0 Å². The number of hydrogen-bond donors (Lipinski definition) is 0. The van der Waals surface area contributed by atoms with Crippen molar-refractivity contribution in [3.05, 3.63) is 0 Å². The Labute approximate surface area is 168 Å². The molecule has 4 saturated carbocycles. The second-order valence-electron chi connectivity index (χ2n) is 11.4. The first-order chi connectivity index (χ1) is 12.8. The fourth-order valence-electron chi connectivity index (χ4n) is 5.86. The van der Waals surface area contributed by atoms with E-state index in [-0.39, 0.29) is 17.6 Å². The molecule has 0 atom stereocenters. The molecule has 5 heteroatoms. The van der Waals surface area contributed by atoms with Crippen LogP contribution in [0.3, 0.4) is 0 Å². The molecule has 0 unspecified atom stereocenters. The van der Waals surface area contributed by atoms with Crippen molar-refractivity contribution in [3.8, 4) is 0 Å². The number of carbonyl (C=O) groups excluding carboxylic acids is 3. The highest BCUT2D eigenvalue weighted by Crippen LogP contribution is 2.60. The smallest absolute Gasteiger partial charge is 0.321 e. The van der Waals surface area contributed by atoms with E-state index in [2.05, 4.69) is 0 Å². The highest BCUT2D eigenvalue weighted by Gasteiger charge is 2.55. The lowest BCUT2D eigenvalue weighted by atomic mass is 9.48. The molecule has 5 nitrogen and oxygen atoms in total. The van der Waals surface area contributed by atoms with Crippen molar-refractivity contribution in [2.45, 2.75) is 97.7 Å². The fraction of sp³-hybridized carbons (Fsp3) is 0.870. The third-order valence-corrected chi connectivity index (χ3v) is 6.40. The van der Waals surface area contributed by atoms with Gasteiger partial charge in [-0.05, 0) is 97.8 Å². The zero-order chi connectivity index (χ0) is 20.9. The van der Waals surface area contributed by atoms with Crippen LogP contribution in [0.2, 0.25) is 0 Å². The molecule has 158 valence electrons. The van der Waals surface area contributed by atoms with Gasteiger partial charge in [-0.2, -0.15) is 0 Å². The maximum Gasteiger partial charge on any atom is 0.321 e. The minimum Gasteiger partial charge on any atom is -0.459 e. The summed E-state index contributed by atoms with van der Waals surface area (Å²) < 4.78 is 10.9. The van der Waals surface area contributed by atoms with Crippen LogP contribution >= 0.6 is 0 Å². The lowest BCUT2D eigenvalue weighted by Gasteiger charge is -2.56.